The van der Waals surface area contributed by atoms with Gasteiger partial charge in [-0.25, -0.2) is 4.63 Å². The van der Waals surface area contributed by atoms with Crippen LogP contribution >= 0.6 is 0 Å². The van der Waals surface area contributed by atoms with E-state index in [4.69, 9.17) is 0 Å². The Balaban J connectivity index is 1.45. The predicted octanol–water partition coefficient (Wildman–Crippen LogP) is 2.89. The molecule has 2 aromatic heterocycles. The third-order valence-electron chi connectivity index (χ3n) is 5.97. The molecule has 0 saturated carbocycles. The number of piperidine rings is 1. The summed E-state index contributed by atoms with van der Waals surface area (Å²) >= 11 is 0. The quantitative estimate of drug-likeness (QED) is 0.653. The van der Waals surface area contributed by atoms with E-state index < -0.39 is 5.41 Å². The van der Waals surface area contributed by atoms with Gasteiger partial charge in [-0.05, 0) is 39.2 Å². The van der Waals surface area contributed by atoms with Crippen LogP contribution in [0.3, 0.4) is 0 Å². The van der Waals surface area contributed by atoms with E-state index in [1.807, 2.05) is 44.2 Å². The number of hydrogen-bond acceptors (Lipinski definition) is 6. The number of anilines is 1. The smallest absolute Gasteiger partial charge is 0.233 e. The molecule has 1 atom stereocenters. The van der Waals surface area contributed by atoms with Gasteiger partial charge < -0.3 is 10.2 Å². The Hall–Kier alpha value is -3.49. The summed E-state index contributed by atoms with van der Waals surface area (Å²) < 4.78 is 4.68. The summed E-state index contributed by atoms with van der Waals surface area (Å²) in [6, 6.07) is 9.85. The fraction of sp³-hybridized carbons (Fsp3) is 0.409. The van der Waals surface area contributed by atoms with Gasteiger partial charge in [-0.1, -0.05) is 40.6 Å². The van der Waals surface area contributed by atoms with Gasteiger partial charge in [0, 0.05) is 18.7 Å². The standard InChI is InChI=1S/C22H26N6O3/c1-14-19(16-8-5-4-6-9-16)24-25-20(14)23-21(30)22(3)10-7-11-28(13-22)18(29)12-17-15(2)26-31-27-17/h4-6,8-9H,7,10-13H2,1-3H3,(H2,23,24,25,30). The van der Waals surface area contributed by atoms with Crippen molar-refractivity contribution in [2.75, 3.05) is 18.4 Å². The first-order valence-electron chi connectivity index (χ1n) is 10.3. The number of rotatable bonds is 5. The van der Waals surface area contributed by atoms with Crippen LogP contribution in [0.1, 0.15) is 36.7 Å². The van der Waals surface area contributed by atoms with E-state index in [0.29, 0.717) is 36.7 Å². The molecule has 3 heterocycles. The average molecular weight is 422 g/mol. The van der Waals surface area contributed by atoms with E-state index >= 15 is 0 Å². The van der Waals surface area contributed by atoms with Crippen LogP contribution < -0.4 is 5.32 Å². The maximum atomic E-state index is 13.2. The van der Waals surface area contributed by atoms with Gasteiger partial charge in [0.1, 0.15) is 11.4 Å². The van der Waals surface area contributed by atoms with Gasteiger partial charge in [0.05, 0.1) is 17.5 Å². The Bertz CT molecular complexity index is 1090. The fourth-order valence-corrected chi connectivity index (χ4v) is 3.97. The largest absolute Gasteiger partial charge is 0.341 e. The Morgan fingerprint density at radius 3 is 2.71 bits per heavy atom. The van der Waals surface area contributed by atoms with E-state index in [-0.39, 0.29) is 18.2 Å². The highest BCUT2D eigenvalue weighted by atomic mass is 16.6. The van der Waals surface area contributed by atoms with Crippen molar-refractivity contribution in [3.05, 3.63) is 47.3 Å². The second kappa shape index (κ2) is 8.33. The minimum Gasteiger partial charge on any atom is -0.341 e. The molecule has 1 fully saturated rings. The summed E-state index contributed by atoms with van der Waals surface area (Å²) in [4.78, 5) is 27.7. The summed E-state index contributed by atoms with van der Waals surface area (Å²) in [7, 11) is 0. The lowest BCUT2D eigenvalue weighted by molar-refractivity contribution is -0.137. The molecule has 31 heavy (non-hydrogen) atoms. The van der Waals surface area contributed by atoms with Crippen molar-refractivity contribution < 1.29 is 14.2 Å². The molecule has 9 nitrogen and oxygen atoms in total. The number of nitrogens with zero attached hydrogens (tertiary/aromatic N) is 4. The monoisotopic (exact) mass is 422 g/mol. The highest BCUT2D eigenvalue weighted by Gasteiger charge is 2.40. The van der Waals surface area contributed by atoms with Crippen LogP contribution in [0.2, 0.25) is 0 Å². The van der Waals surface area contributed by atoms with Crippen LogP contribution in [-0.4, -0.2) is 50.3 Å². The molecule has 1 saturated heterocycles. The lowest BCUT2D eigenvalue weighted by Gasteiger charge is -2.39. The number of aryl methyl sites for hydroxylation is 1. The lowest BCUT2D eigenvalue weighted by atomic mass is 9.80. The van der Waals surface area contributed by atoms with E-state index in [9.17, 15) is 9.59 Å². The number of aromatic nitrogens is 4. The molecule has 162 valence electrons. The second-order valence-corrected chi connectivity index (χ2v) is 8.34. The first kappa shape index (κ1) is 20.8. The molecule has 2 N–H and O–H groups in total. The van der Waals surface area contributed by atoms with Crippen LogP contribution in [0.25, 0.3) is 11.3 Å². The van der Waals surface area contributed by atoms with Crippen molar-refractivity contribution in [3.63, 3.8) is 0 Å². The van der Waals surface area contributed by atoms with Crippen molar-refractivity contribution >= 4 is 17.6 Å². The fourth-order valence-electron chi connectivity index (χ4n) is 3.97. The number of likely N-dealkylation sites (tertiary alicyclic amines) is 1. The van der Waals surface area contributed by atoms with E-state index in [1.54, 1.807) is 11.8 Å². The minimum absolute atomic E-state index is 0.0835. The third kappa shape index (κ3) is 4.21. The van der Waals surface area contributed by atoms with Gasteiger partial charge in [0.2, 0.25) is 11.8 Å². The molecular weight excluding hydrogens is 396 g/mol. The highest BCUT2D eigenvalue weighted by molar-refractivity contribution is 5.96. The zero-order valence-electron chi connectivity index (χ0n) is 17.9. The number of H-pyrrole nitrogens is 1. The Labute approximate surface area is 180 Å². The van der Waals surface area contributed by atoms with Crippen LogP contribution in [-0.2, 0) is 16.0 Å². The van der Waals surface area contributed by atoms with E-state index in [2.05, 4.69) is 30.5 Å². The summed E-state index contributed by atoms with van der Waals surface area (Å²) in [6.07, 6.45) is 1.56. The van der Waals surface area contributed by atoms with Gasteiger partial charge in [-0.3, -0.25) is 14.7 Å². The molecule has 1 aliphatic heterocycles. The van der Waals surface area contributed by atoms with Crippen molar-refractivity contribution in [2.24, 2.45) is 5.41 Å². The number of hydrogen-bond donors (Lipinski definition) is 2. The molecule has 3 aromatic rings. The zero-order chi connectivity index (χ0) is 22.0. The molecular formula is C22H26N6O3. The van der Waals surface area contributed by atoms with Crippen LogP contribution in [0.15, 0.2) is 35.0 Å². The van der Waals surface area contributed by atoms with E-state index in [1.165, 1.54) is 0 Å². The normalized spacial score (nSPS) is 18.7. The molecule has 1 aromatic carbocycles. The van der Waals surface area contributed by atoms with Crippen molar-refractivity contribution in [1.82, 2.24) is 25.4 Å². The zero-order valence-corrected chi connectivity index (χ0v) is 17.9. The second-order valence-electron chi connectivity index (χ2n) is 8.34. The minimum atomic E-state index is -0.705. The topological polar surface area (TPSA) is 117 Å². The summed E-state index contributed by atoms with van der Waals surface area (Å²) in [5, 5.41) is 17.8. The molecule has 0 spiro atoms. The van der Waals surface area contributed by atoms with Crippen molar-refractivity contribution in [2.45, 2.75) is 40.0 Å². The van der Waals surface area contributed by atoms with Crippen molar-refractivity contribution in [1.29, 1.82) is 0 Å². The Morgan fingerprint density at radius 2 is 2.00 bits per heavy atom. The van der Waals surface area contributed by atoms with Gasteiger partial charge in [0.25, 0.3) is 0 Å². The Morgan fingerprint density at radius 1 is 1.23 bits per heavy atom. The molecule has 2 amide bonds. The Kier molecular flexibility index (Phi) is 5.58. The number of carbonyl (C=O) groups excluding carboxylic acids is 2. The number of aromatic amines is 1. The summed E-state index contributed by atoms with van der Waals surface area (Å²) in [6.45, 7) is 6.53. The number of carbonyl (C=O) groups is 2. The van der Waals surface area contributed by atoms with Crippen LogP contribution in [0.5, 0.6) is 0 Å². The summed E-state index contributed by atoms with van der Waals surface area (Å²) in [5.74, 6) is 0.288. The van der Waals surface area contributed by atoms with Gasteiger partial charge in [0.15, 0.2) is 5.82 Å². The van der Waals surface area contributed by atoms with Crippen molar-refractivity contribution in [3.8, 4) is 11.3 Å². The first-order chi connectivity index (χ1) is 14.9. The molecule has 1 unspecified atom stereocenters. The summed E-state index contributed by atoms with van der Waals surface area (Å²) in [5.41, 5.74) is 3.19. The highest BCUT2D eigenvalue weighted by Crippen LogP contribution is 2.33. The maximum Gasteiger partial charge on any atom is 0.233 e. The maximum absolute atomic E-state index is 13.2. The average Bonchev–Trinajstić information content (AvgIpc) is 3.34. The number of benzene rings is 1. The molecule has 0 radical (unpaired) electrons. The molecule has 4 rings (SSSR count). The lowest BCUT2D eigenvalue weighted by Crippen LogP contribution is -2.50. The van der Waals surface area contributed by atoms with Crippen LogP contribution in [0.4, 0.5) is 5.82 Å². The van der Waals surface area contributed by atoms with Gasteiger partial charge in [-0.2, -0.15) is 5.10 Å². The van der Waals surface area contributed by atoms with Gasteiger partial charge in [-0.15, -0.1) is 0 Å². The first-order valence-corrected chi connectivity index (χ1v) is 10.3. The number of amides is 2. The molecule has 0 bridgehead atoms. The van der Waals surface area contributed by atoms with E-state index in [0.717, 1.165) is 23.2 Å². The van der Waals surface area contributed by atoms with Crippen LogP contribution in [0, 0.1) is 19.3 Å². The molecule has 9 heteroatoms. The molecule has 1 aliphatic rings. The van der Waals surface area contributed by atoms with Gasteiger partial charge >= 0.3 is 0 Å². The molecule has 0 aliphatic carbocycles. The third-order valence-corrected chi connectivity index (χ3v) is 5.97. The predicted molar refractivity (Wildman–Crippen MR) is 114 cm³/mol. The SMILES string of the molecule is Cc1nonc1CC(=O)N1CCCC(C)(C(=O)Nc2n[nH]c(-c3ccccc3)c2C)C1. The number of nitrogens with one attached hydrogen (secondary N) is 2.